The highest BCUT2D eigenvalue weighted by Crippen LogP contribution is 2.63. The van der Waals surface area contributed by atoms with Gasteiger partial charge < -0.3 is 0 Å². The molecule has 0 heterocycles. The molecule has 0 aliphatic rings. The van der Waals surface area contributed by atoms with Gasteiger partial charge in [-0.05, 0) is 0 Å². The minimum absolute atomic E-state index is 3.11. The molecule has 0 spiro atoms. The van der Waals surface area contributed by atoms with E-state index in [2.05, 4.69) is 0 Å². The van der Waals surface area contributed by atoms with Crippen LogP contribution in [0.25, 0.3) is 0 Å². The SMILES string of the molecule is O=S(=O)(O)C(F)(F)C(F)(F)C(F)(F)C(F)(F)C(F)(F)C(F)(F)C(F)(F)CCC(F)(F)F. The van der Waals surface area contributed by atoms with Crippen molar-refractivity contribution in [2.24, 2.45) is 0 Å². The molecule has 0 saturated heterocycles. The summed E-state index contributed by atoms with van der Waals surface area (Å²) < 4.78 is 247. The highest BCUT2D eigenvalue weighted by atomic mass is 32.2. The Labute approximate surface area is 158 Å². The van der Waals surface area contributed by atoms with Crippen LogP contribution in [-0.4, -0.2) is 59.9 Å². The average molecular weight is 528 g/mol. The van der Waals surface area contributed by atoms with Crippen LogP contribution in [0.15, 0.2) is 0 Å². The Morgan fingerprint density at radius 2 is 0.774 bits per heavy atom. The molecule has 21 heteroatoms. The fraction of sp³-hybridized carbons (Fsp3) is 1.00. The van der Waals surface area contributed by atoms with Crippen LogP contribution < -0.4 is 0 Å². The van der Waals surface area contributed by atoms with E-state index >= 15 is 0 Å². The summed E-state index contributed by atoms with van der Waals surface area (Å²) in [5, 5.41) is -7.77. The standard InChI is InChI=1S/C10H5F17O3S/c11-3(12,1-2-4(13,14)15)5(16,17)6(18,19)7(20,21)8(22,23)9(24,25)10(26,27)31(28,29)30/h1-2H2,(H,28,29,30). The van der Waals surface area contributed by atoms with E-state index in [0.717, 1.165) is 0 Å². The number of hydrogen-bond acceptors (Lipinski definition) is 2. The Balaban J connectivity index is 6.63. The van der Waals surface area contributed by atoms with Crippen LogP contribution in [0.2, 0.25) is 0 Å². The van der Waals surface area contributed by atoms with Gasteiger partial charge in [-0.15, -0.1) is 0 Å². The van der Waals surface area contributed by atoms with E-state index in [-0.39, 0.29) is 0 Å². The van der Waals surface area contributed by atoms with Crippen molar-refractivity contribution in [1.29, 1.82) is 0 Å². The second kappa shape index (κ2) is 7.37. The summed E-state index contributed by atoms with van der Waals surface area (Å²) in [6.07, 6.45) is -12.4. The molecule has 188 valence electrons. The second-order valence-corrected chi connectivity index (χ2v) is 7.15. The summed E-state index contributed by atoms with van der Waals surface area (Å²) >= 11 is 0. The molecule has 0 atom stereocenters. The summed E-state index contributed by atoms with van der Waals surface area (Å²) in [4.78, 5) is 0. The summed E-state index contributed by atoms with van der Waals surface area (Å²) in [7, 11) is -7.84. The van der Waals surface area contributed by atoms with Gasteiger partial charge in [-0.1, -0.05) is 0 Å². The Morgan fingerprint density at radius 3 is 1.06 bits per heavy atom. The first kappa shape index (κ1) is 29.7. The quantitative estimate of drug-likeness (QED) is 0.312. The van der Waals surface area contributed by atoms with Gasteiger partial charge in [0.2, 0.25) is 0 Å². The number of alkyl halides is 17. The van der Waals surface area contributed by atoms with Gasteiger partial charge in [-0.25, -0.2) is 0 Å². The number of rotatable bonds is 9. The molecule has 0 radical (unpaired) electrons. The molecular weight excluding hydrogens is 523 g/mol. The van der Waals surface area contributed by atoms with Gasteiger partial charge in [-0.2, -0.15) is 83.1 Å². The lowest BCUT2D eigenvalue weighted by molar-refractivity contribution is -0.436. The Bertz CT molecular complexity index is 766. The van der Waals surface area contributed by atoms with Crippen molar-refractivity contribution < 1.29 is 87.6 Å². The minimum atomic E-state index is -8.66. The van der Waals surface area contributed by atoms with Gasteiger partial charge in [0.05, 0.1) is 0 Å². The zero-order valence-corrected chi connectivity index (χ0v) is 14.3. The summed E-state index contributed by atoms with van der Waals surface area (Å²) in [5.74, 6) is -49.1. The van der Waals surface area contributed by atoms with Crippen LogP contribution in [0.4, 0.5) is 74.6 Å². The normalized spacial score (nSPS) is 16.6. The number of halogens is 17. The van der Waals surface area contributed by atoms with Crippen molar-refractivity contribution in [1.82, 2.24) is 0 Å². The first-order chi connectivity index (χ1) is 13.0. The topological polar surface area (TPSA) is 54.4 Å². The van der Waals surface area contributed by atoms with Crippen LogP contribution in [0, 0.1) is 0 Å². The molecule has 0 bridgehead atoms. The van der Waals surface area contributed by atoms with E-state index in [1.54, 1.807) is 0 Å². The van der Waals surface area contributed by atoms with E-state index < -0.39 is 69.9 Å². The van der Waals surface area contributed by atoms with E-state index in [1.165, 1.54) is 0 Å². The predicted molar refractivity (Wildman–Crippen MR) is 61.5 cm³/mol. The second-order valence-electron chi connectivity index (χ2n) is 5.68. The lowest BCUT2D eigenvalue weighted by atomic mass is 9.90. The molecule has 0 aromatic carbocycles. The van der Waals surface area contributed by atoms with Gasteiger partial charge in [0.1, 0.15) is 0 Å². The lowest BCUT2D eigenvalue weighted by Gasteiger charge is -2.42. The van der Waals surface area contributed by atoms with Crippen molar-refractivity contribution in [3.05, 3.63) is 0 Å². The van der Waals surface area contributed by atoms with Crippen LogP contribution in [0.1, 0.15) is 12.8 Å². The third-order valence-corrected chi connectivity index (χ3v) is 4.35. The highest BCUT2D eigenvalue weighted by molar-refractivity contribution is 7.87. The zero-order chi connectivity index (χ0) is 25.9. The molecule has 0 aliphatic carbocycles. The van der Waals surface area contributed by atoms with Crippen LogP contribution >= 0.6 is 0 Å². The monoisotopic (exact) mass is 528 g/mol. The van der Waals surface area contributed by atoms with E-state index in [9.17, 15) is 83.1 Å². The maximum atomic E-state index is 13.3. The first-order valence-corrected chi connectivity index (χ1v) is 8.08. The Morgan fingerprint density at radius 1 is 0.484 bits per heavy atom. The first-order valence-electron chi connectivity index (χ1n) is 6.64. The molecule has 31 heavy (non-hydrogen) atoms. The highest BCUT2D eigenvalue weighted by Gasteiger charge is 2.94. The van der Waals surface area contributed by atoms with Gasteiger partial charge in [0.25, 0.3) is 0 Å². The van der Waals surface area contributed by atoms with Gasteiger partial charge in [0, 0.05) is 12.8 Å². The van der Waals surface area contributed by atoms with Crippen molar-refractivity contribution in [3.8, 4) is 0 Å². The molecule has 3 nitrogen and oxygen atoms in total. The third kappa shape index (κ3) is 4.34. The molecule has 0 aromatic rings. The fourth-order valence-electron chi connectivity index (χ4n) is 1.62. The van der Waals surface area contributed by atoms with Gasteiger partial charge >= 0.3 is 57.1 Å². The molecule has 0 fully saturated rings. The molecule has 0 aromatic heterocycles. The maximum absolute atomic E-state index is 13.3. The Kier molecular flexibility index (Phi) is 7.07. The third-order valence-electron chi connectivity index (χ3n) is 3.45. The molecule has 0 aliphatic heterocycles. The number of hydrogen-bond donors (Lipinski definition) is 1. The lowest BCUT2D eigenvalue weighted by Crippen LogP contribution is -2.73. The molecule has 0 saturated carbocycles. The smallest absolute Gasteiger partial charge is 0.281 e. The van der Waals surface area contributed by atoms with Gasteiger partial charge in [-0.3, -0.25) is 4.55 Å². The largest absolute Gasteiger partial charge is 0.438 e. The summed E-state index contributed by atoms with van der Waals surface area (Å²) in [5.41, 5.74) is 0. The molecular formula is C10H5F17O3S. The Hall–Kier alpha value is -1.28. The van der Waals surface area contributed by atoms with E-state index in [0.29, 0.717) is 0 Å². The van der Waals surface area contributed by atoms with Crippen molar-refractivity contribution >= 4 is 10.1 Å². The summed E-state index contributed by atoms with van der Waals surface area (Å²) in [6, 6.07) is 0. The van der Waals surface area contributed by atoms with Crippen molar-refractivity contribution in [2.75, 3.05) is 0 Å². The average Bonchev–Trinajstić information content (AvgIpc) is 2.50. The molecule has 0 amide bonds. The van der Waals surface area contributed by atoms with Gasteiger partial charge in [0.15, 0.2) is 0 Å². The van der Waals surface area contributed by atoms with Crippen LogP contribution in [0.3, 0.4) is 0 Å². The summed E-state index contributed by atoms with van der Waals surface area (Å²) in [6.45, 7) is 0. The maximum Gasteiger partial charge on any atom is 0.438 e. The van der Waals surface area contributed by atoms with E-state index in [4.69, 9.17) is 4.55 Å². The predicted octanol–water partition coefficient (Wildman–Crippen LogP) is 5.62. The molecule has 0 unspecified atom stereocenters. The van der Waals surface area contributed by atoms with Crippen LogP contribution in [0.5, 0.6) is 0 Å². The van der Waals surface area contributed by atoms with Crippen molar-refractivity contribution in [2.45, 2.75) is 59.8 Å². The zero-order valence-electron chi connectivity index (χ0n) is 13.5. The fourth-order valence-corrected chi connectivity index (χ4v) is 2.07. The molecule has 1 N–H and O–H groups in total. The minimum Gasteiger partial charge on any atom is -0.281 e. The van der Waals surface area contributed by atoms with Crippen molar-refractivity contribution in [3.63, 3.8) is 0 Å². The van der Waals surface area contributed by atoms with Crippen LogP contribution in [-0.2, 0) is 10.1 Å². The molecule has 0 rings (SSSR count). The van der Waals surface area contributed by atoms with E-state index in [1.807, 2.05) is 0 Å².